The van der Waals surface area contributed by atoms with E-state index < -0.39 is 0 Å². The second-order valence-electron chi connectivity index (χ2n) is 4.67. The van der Waals surface area contributed by atoms with Gasteiger partial charge in [-0.05, 0) is 42.1 Å². The van der Waals surface area contributed by atoms with Gasteiger partial charge < -0.3 is 4.90 Å². The fourth-order valence-electron chi connectivity index (χ4n) is 2.41. The number of benzene rings is 2. The Morgan fingerprint density at radius 2 is 1.85 bits per heavy atom. The Balaban J connectivity index is 1.69. The molecule has 2 aromatic carbocycles. The Kier molecular flexibility index (Phi) is 2.83. The molecule has 0 unspecified atom stereocenters. The number of anilines is 1. The van der Waals surface area contributed by atoms with Gasteiger partial charge in [0.1, 0.15) is 0 Å². The maximum Gasteiger partial charge on any atom is 0.174 e. The topological polar surface area (TPSA) is 15.6 Å². The Bertz CT molecular complexity index is 734. The number of hydrogen-bond donors (Lipinski definition) is 0. The molecule has 0 amide bonds. The number of para-hydroxylation sites is 1. The van der Waals surface area contributed by atoms with Crippen molar-refractivity contribution in [2.24, 2.45) is 4.99 Å². The van der Waals surface area contributed by atoms with E-state index in [2.05, 4.69) is 35.2 Å². The Hall–Kier alpha value is -1.71. The van der Waals surface area contributed by atoms with Crippen LogP contribution in [-0.2, 0) is 0 Å². The van der Waals surface area contributed by atoms with E-state index in [1.807, 2.05) is 24.3 Å². The van der Waals surface area contributed by atoms with Crippen molar-refractivity contribution in [3.63, 3.8) is 0 Å². The second-order valence-corrected chi connectivity index (χ2v) is 6.12. The number of fused-ring (bicyclic) bond motifs is 3. The van der Waals surface area contributed by atoms with Gasteiger partial charge in [-0.1, -0.05) is 35.9 Å². The van der Waals surface area contributed by atoms with Crippen LogP contribution in [0.5, 0.6) is 0 Å². The molecule has 0 spiro atoms. The summed E-state index contributed by atoms with van der Waals surface area (Å²) in [4.78, 5) is 8.31. The zero-order valence-electron chi connectivity index (χ0n) is 10.6. The molecule has 0 saturated heterocycles. The van der Waals surface area contributed by atoms with Crippen LogP contribution in [0.1, 0.15) is 5.56 Å². The van der Waals surface area contributed by atoms with E-state index in [-0.39, 0.29) is 0 Å². The van der Waals surface area contributed by atoms with Crippen molar-refractivity contribution in [1.29, 1.82) is 0 Å². The third kappa shape index (κ3) is 1.94. The van der Waals surface area contributed by atoms with Gasteiger partial charge >= 0.3 is 0 Å². The highest BCUT2D eigenvalue weighted by molar-refractivity contribution is 8.14. The summed E-state index contributed by atoms with van der Waals surface area (Å²) in [5, 5.41) is 1.81. The normalized spacial score (nSPS) is 16.4. The van der Waals surface area contributed by atoms with Gasteiger partial charge in [-0.2, -0.15) is 0 Å². The van der Waals surface area contributed by atoms with Crippen LogP contribution in [0.2, 0.25) is 5.02 Å². The highest BCUT2D eigenvalue weighted by Crippen LogP contribution is 2.42. The summed E-state index contributed by atoms with van der Waals surface area (Å²) in [6.45, 7) is 0.862. The molecule has 2 aromatic rings. The molecule has 4 rings (SSSR count). The van der Waals surface area contributed by atoms with Gasteiger partial charge in [-0.3, -0.25) is 0 Å². The molecule has 0 fully saturated rings. The molecule has 20 heavy (non-hydrogen) atoms. The molecule has 0 N–H and O–H groups in total. The molecule has 4 heteroatoms. The van der Waals surface area contributed by atoms with Crippen molar-refractivity contribution >= 4 is 39.9 Å². The first-order chi connectivity index (χ1) is 9.81. The zero-order valence-corrected chi connectivity index (χ0v) is 12.2. The predicted octanol–water partition coefficient (Wildman–Crippen LogP) is 4.66. The van der Waals surface area contributed by atoms with E-state index >= 15 is 0 Å². The highest BCUT2D eigenvalue weighted by atomic mass is 35.5. The standard InChI is InChI=1S/C16H11ClN2S/c17-12-7-5-11(6-8-12)13-9-10-19-14-3-1-2-4-15(14)20-16(19)18-13/h1-9H,10H2. The third-order valence-corrected chi connectivity index (χ3v) is 4.72. The van der Waals surface area contributed by atoms with Gasteiger partial charge in [-0.25, -0.2) is 4.99 Å². The number of nitrogens with zero attached hydrogens (tertiary/aromatic N) is 2. The summed E-state index contributed by atoms with van der Waals surface area (Å²) in [5.74, 6) is 0. The van der Waals surface area contributed by atoms with E-state index in [0.717, 1.165) is 28.0 Å². The monoisotopic (exact) mass is 298 g/mol. The van der Waals surface area contributed by atoms with Gasteiger partial charge in [0.15, 0.2) is 5.17 Å². The smallest absolute Gasteiger partial charge is 0.174 e. The van der Waals surface area contributed by atoms with Crippen LogP contribution in [0.15, 0.2) is 64.5 Å². The van der Waals surface area contributed by atoms with Crippen molar-refractivity contribution in [3.8, 4) is 0 Å². The van der Waals surface area contributed by atoms with Crippen LogP contribution in [0.3, 0.4) is 0 Å². The lowest BCUT2D eigenvalue weighted by atomic mass is 10.1. The molecular weight excluding hydrogens is 288 g/mol. The SMILES string of the molecule is Clc1ccc(C2=CCN3C(=N2)Sc2ccccc23)cc1. The first-order valence-electron chi connectivity index (χ1n) is 6.40. The molecule has 2 heterocycles. The summed E-state index contributed by atoms with van der Waals surface area (Å²) < 4.78 is 0. The lowest BCUT2D eigenvalue weighted by Gasteiger charge is -2.22. The molecule has 0 atom stereocenters. The van der Waals surface area contributed by atoms with Gasteiger partial charge in [0.2, 0.25) is 0 Å². The fraction of sp³-hybridized carbons (Fsp3) is 0.0625. The number of halogens is 1. The molecule has 0 bridgehead atoms. The van der Waals surface area contributed by atoms with Crippen LogP contribution < -0.4 is 4.90 Å². The Morgan fingerprint density at radius 3 is 2.70 bits per heavy atom. The summed E-state index contributed by atoms with van der Waals surface area (Å²) in [5.41, 5.74) is 3.38. The van der Waals surface area contributed by atoms with E-state index in [9.17, 15) is 0 Å². The van der Waals surface area contributed by atoms with E-state index in [0.29, 0.717) is 0 Å². The molecule has 0 aliphatic carbocycles. The molecule has 0 saturated carbocycles. The average Bonchev–Trinajstić information content (AvgIpc) is 2.85. The van der Waals surface area contributed by atoms with Crippen LogP contribution in [0.4, 0.5) is 5.69 Å². The van der Waals surface area contributed by atoms with E-state index in [1.165, 1.54) is 10.6 Å². The average molecular weight is 299 g/mol. The number of thioether (sulfide) groups is 1. The van der Waals surface area contributed by atoms with Gasteiger partial charge in [-0.15, -0.1) is 0 Å². The molecule has 0 aromatic heterocycles. The first-order valence-corrected chi connectivity index (χ1v) is 7.60. The van der Waals surface area contributed by atoms with Gasteiger partial charge in [0.05, 0.1) is 11.4 Å². The lowest BCUT2D eigenvalue weighted by Crippen LogP contribution is -2.27. The molecule has 2 aliphatic rings. The number of hydrogen-bond acceptors (Lipinski definition) is 3. The van der Waals surface area contributed by atoms with Crippen molar-refractivity contribution < 1.29 is 0 Å². The van der Waals surface area contributed by atoms with Crippen LogP contribution >= 0.6 is 23.4 Å². The summed E-state index contributed by atoms with van der Waals surface area (Å²) in [6.07, 6.45) is 2.16. The van der Waals surface area contributed by atoms with Crippen LogP contribution in [0.25, 0.3) is 5.70 Å². The summed E-state index contributed by atoms with van der Waals surface area (Å²) in [7, 11) is 0. The first kappa shape index (κ1) is 12.1. The minimum absolute atomic E-state index is 0.752. The lowest BCUT2D eigenvalue weighted by molar-refractivity contribution is 1.11. The highest BCUT2D eigenvalue weighted by Gasteiger charge is 2.28. The zero-order chi connectivity index (χ0) is 13.5. The predicted molar refractivity (Wildman–Crippen MR) is 86.5 cm³/mol. The minimum Gasteiger partial charge on any atom is -0.316 e. The summed E-state index contributed by atoms with van der Waals surface area (Å²) >= 11 is 7.66. The number of aliphatic imine (C=N–C) groups is 1. The molecule has 2 aliphatic heterocycles. The van der Waals surface area contributed by atoms with Crippen LogP contribution in [0, 0.1) is 0 Å². The van der Waals surface area contributed by atoms with Crippen molar-refractivity contribution in [1.82, 2.24) is 0 Å². The Labute approximate surface area is 126 Å². The Morgan fingerprint density at radius 1 is 1.05 bits per heavy atom. The van der Waals surface area contributed by atoms with Gasteiger partial charge in [0.25, 0.3) is 0 Å². The van der Waals surface area contributed by atoms with Crippen LogP contribution in [-0.4, -0.2) is 11.7 Å². The maximum absolute atomic E-state index is 5.93. The second kappa shape index (κ2) is 4.69. The van der Waals surface area contributed by atoms with Crippen molar-refractivity contribution in [2.45, 2.75) is 4.90 Å². The fourth-order valence-corrected chi connectivity index (χ4v) is 3.59. The van der Waals surface area contributed by atoms with Crippen molar-refractivity contribution in [3.05, 3.63) is 65.2 Å². The summed E-state index contributed by atoms with van der Waals surface area (Å²) in [6, 6.07) is 16.3. The number of rotatable bonds is 1. The molecule has 98 valence electrons. The minimum atomic E-state index is 0.752. The number of amidine groups is 1. The largest absolute Gasteiger partial charge is 0.316 e. The van der Waals surface area contributed by atoms with E-state index in [1.54, 1.807) is 11.8 Å². The van der Waals surface area contributed by atoms with Gasteiger partial charge in [0, 0.05) is 22.0 Å². The third-order valence-electron chi connectivity index (χ3n) is 3.41. The molecular formula is C16H11ClN2S. The quantitative estimate of drug-likeness (QED) is 0.761. The maximum atomic E-state index is 5.93. The van der Waals surface area contributed by atoms with Crippen molar-refractivity contribution in [2.75, 3.05) is 11.4 Å². The molecule has 2 nitrogen and oxygen atoms in total. The van der Waals surface area contributed by atoms with E-state index in [4.69, 9.17) is 16.6 Å². The molecule has 0 radical (unpaired) electrons.